The van der Waals surface area contributed by atoms with Crippen LogP contribution in [0.25, 0.3) is 44.3 Å². The topological polar surface area (TPSA) is 57.6 Å². The molecule has 1 N–H and O–H groups in total. The lowest BCUT2D eigenvalue weighted by Crippen LogP contribution is -2.28. The number of ketones is 1. The summed E-state index contributed by atoms with van der Waals surface area (Å²) in [5, 5.41) is 13.4. The van der Waals surface area contributed by atoms with E-state index in [0.29, 0.717) is 12.1 Å². The first kappa shape index (κ1) is 35.9. The number of carboxylic acids is 1. The number of rotatable bonds is 8. The quantitative estimate of drug-likeness (QED) is 0.125. The molecule has 0 bridgehead atoms. The molecule has 0 heterocycles. The minimum absolute atomic E-state index is 0.119. The Morgan fingerprint density at radius 1 is 0.818 bits per heavy atom. The van der Waals surface area contributed by atoms with Crippen molar-refractivity contribution in [3.63, 3.8) is 0 Å². The number of hydrogen-bond acceptors (Lipinski definition) is 3. The van der Waals surface area contributed by atoms with E-state index in [9.17, 15) is 19.1 Å². The van der Waals surface area contributed by atoms with Crippen LogP contribution in [0, 0.1) is 11.2 Å². The molecule has 0 aromatic heterocycles. The van der Waals surface area contributed by atoms with Gasteiger partial charge in [0.1, 0.15) is 5.82 Å². The van der Waals surface area contributed by atoms with Gasteiger partial charge in [-0.05, 0) is 121 Å². The summed E-state index contributed by atoms with van der Waals surface area (Å²) in [5.41, 5.74) is 10.7. The Morgan fingerprint density at radius 3 is 2.27 bits per heavy atom. The van der Waals surface area contributed by atoms with Crippen molar-refractivity contribution in [3.05, 3.63) is 172 Å². The van der Waals surface area contributed by atoms with E-state index in [1.165, 1.54) is 51.9 Å². The van der Waals surface area contributed by atoms with Crippen molar-refractivity contribution in [1.82, 2.24) is 0 Å². The molecule has 8 rings (SSSR count). The highest BCUT2D eigenvalue weighted by atomic mass is 19.1. The summed E-state index contributed by atoms with van der Waals surface area (Å²) in [6, 6.07) is 34.2. The number of carboxylic acid groups (broad SMARTS) is 1. The van der Waals surface area contributed by atoms with Gasteiger partial charge in [-0.2, -0.15) is 0 Å². The van der Waals surface area contributed by atoms with Gasteiger partial charge in [0, 0.05) is 30.2 Å². The van der Waals surface area contributed by atoms with Gasteiger partial charge < -0.3 is 10.0 Å². The largest absolute Gasteiger partial charge is 0.478 e. The van der Waals surface area contributed by atoms with E-state index in [2.05, 4.69) is 82.1 Å². The van der Waals surface area contributed by atoms with E-state index in [-0.39, 0.29) is 28.0 Å². The van der Waals surface area contributed by atoms with Crippen molar-refractivity contribution in [2.45, 2.75) is 52.5 Å². The molecule has 4 nitrogen and oxygen atoms in total. The van der Waals surface area contributed by atoms with E-state index in [0.717, 1.165) is 56.9 Å². The lowest BCUT2D eigenvalue weighted by Gasteiger charge is -2.41. The lowest BCUT2D eigenvalue weighted by molar-refractivity contribution is 0.0696. The summed E-state index contributed by atoms with van der Waals surface area (Å²) in [6.45, 7) is 9.90. The third kappa shape index (κ3) is 6.80. The van der Waals surface area contributed by atoms with Crippen molar-refractivity contribution in [1.29, 1.82) is 0 Å². The Balaban J connectivity index is 1.33. The second kappa shape index (κ2) is 13.7. The number of benzene rings is 6. The SMILES string of the molecule is CN(Cc1ccc(F)cc1)c1cc(-c2ccc3ccccc3c2C(=O)C=Cc2ccc(C(=O)O)cc2)cc2ccc3c(c12)C(C)(C)CC1=C3C=CC(C)(C)C1. The third-order valence-electron chi connectivity index (χ3n) is 11.3. The molecule has 274 valence electrons. The molecule has 5 heteroatoms. The Morgan fingerprint density at radius 2 is 1.53 bits per heavy atom. The smallest absolute Gasteiger partial charge is 0.335 e. The van der Waals surface area contributed by atoms with Crippen LogP contribution in [0.1, 0.15) is 83.5 Å². The maximum atomic E-state index is 14.4. The first-order chi connectivity index (χ1) is 26.3. The zero-order valence-corrected chi connectivity index (χ0v) is 31.9. The van der Waals surface area contributed by atoms with Crippen molar-refractivity contribution >= 4 is 50.6 Å². The molecule has 6 aromatic rings. The van der Waals surface area contributed by atoms with Gasteiger partial charge in [-0.15, -0.1) is 0 Å². The second-order valence-electron chi connectivity index (χ2n) is 16.5. The fourth-order valence-corrected chi connectivity index (χ4v) is 8.74. The Bertz CT molecular complexity index is 2620. The minimum atomic E-state index is -0.995. The van der Waals surface area contributed by atoms with Crippen LogP contribution >= 0.6 is 0 Å². The number of nitrogens with zero attached hydrogens (tertiary/aromatic N) is 1. The fraction of sp³-hybridized carbons (Fsp3) is 0.200. The summed E-state index contributed by atoms with van der Waals surface area (Å²) >= 11 is 0. The second-order valence-corrected chi connectivity index (χ2v) is 16.5. The Labute approximate surface area is 321 Å². The molecule has 0 spiro atoms. The van der Waals surface area contributed by atoms with Crippen LogP contribution in [0.4, 0.5) is 10.1 Å². The van der Waals surface area contributed by atoms with Crippen LogP contribution in [-0.2, 0) is 12.0 Å². The minimum Gasteiger partial charge on any atom is -0.478 e. The number of aromatic carboxylic acids is 1. The van der Waals surface area contributed by atoms with E-state index in [1.807, 2.05) is 42.5 Å². The molecule has 0 amide bonds. The predicted molar refractivity (Wildman–Crippen MR) is 224 cm³/mol. The van der Waals surface area contributed by atoms with Crippen LogP contribution < -0.4 is 4.90 Å². The average Bonchev–Trinajstić information content (AvgIpc) is 3.16. The number of allylic oxidation sites excluding steroid dienone is 5. The number of anilines is 1. The molecular weight excluding hydrogens is 682 g/mol. The molecular formula is C50H44FNO3. The molecule has 55 heavy (non-hydrogen) atoms. The van der Waals surface area contributed by atoms with Crippen molar-refractivity contribution in [2.24, 2.45) is 5.41 Å². The maximum Gasteiger partial charge on any atom is 0.335 e. The standard InChI is InChI=1S/C50H44FNO3/c1-49(2)25-24-39-37(28-49)29-50(3,4)47-42(39)22-18-35-26-36(27-43(45(35)47)52(5)30-32-12-19-38(51)20-13-32)41-21-17-33-8-6-7-9-40(33)46(41)44(53)23-14-31-10-15-34(16-11-31)48(54)55/h6-27H,28-30H2,1-5H3,(H,54,55). The molecule has 6 aromatic carbocycles. The van der Waals surface area contributed by atoms with Crippen molar-refractivity contribution < 1.29 is 19.1 Å². The zero-order valence-electron chi connectivity index (χ0n) is 31.9. The normalized spacial score (nSPS) is 15.7. The summed E-state index contributed by atoms with van der Waals surface area (Å²) in [5.74, 6) is -1.40. The number of carbonyl (C=O) groups excluding carboxylic acids is 1. The summed E-state index contributed by atoms with van der Waals surface area (Å²) in [6.07, 6.45) is 10.0. The maximum absolute atomic E-state index is 14.4. The molecule has 0 saturated carbocycles. The lowest BCUT2D eigenvalue weighted by atomic mass is 9.64. The van der Waals surface area contributed by atoms with Gasteiger partial charge >= 0.3 is 5.97 Å². The average molecular weight is 726 g/mol. The number of carbonyl (C=O) groups is 2. The Kier molecular flexibility index (Phi) is 8.92. The van der Waals surface area contributed by atoms with Gasteiger partial charge in [0.2, 0.25) is 0 Å². The van der Waals surface area contributed by atoms with Gasteiger partial charge in [0.05, 0.1) is 5.56 Å². The molecule has 0 unspecified atom stereocenters. The summed E-state index contributed by atoms with van der Waals surface area (Å²) in [4.78, 5) is 28.0. The number of fused-ring (bicyclic) bond motifs is 5. The number of hydrogen-bond donors (Lipinski definition) is 1. The van der Waals surface area contributed by atoms with Gasteiger partial charge in [0.15, 0.2) is 5.78 Å². The molecule has 2 aliphatic rings. The monoisotopic (exact) mass is 725 g/mol. The highest BCUT2D eigenvalue weighted by Crippen LogP contribution is 2.53. The predicted octanol–water partition coefficient (Wildman–Crippen LogP) is 12.5. The first-order valence-corrected chi connectivity index (χ1v) is 18.8. The highest BCUT2D eigenvalue weighted by Gasteiger charge is 2.37. The first-order valence-electron chi connectivity index (χ1n) is 18.8. The van der Waals surface area contributed by atoms with E-state index >= 15 is 0 Å². The van der Waals surface area contributed by atoms with Crippen LogP contribution in [0.15, 0.2) is 133 Å². The van der Waals surface area contributed by atoms with Gasteiger partial charge in [-0.1, -0.05) is 124 Å². The summed E-state index contributed by atoms with van der Waals surface area (Å²) < 4.78 is 14.0. The Hall–Kier alpha value is -6.07. The number of halogens is 1. The van der Waals surface area contributed by atoms with Crippen molar-refractivity contribution in [3.8, 4) is 11.1 Å². The van der Waals surface area contributed by atoms with Crippen molar-refractivity contribution in [2.75, 3.05) is 11.9 Å². The van der Waals surface area contributed by atoms with E-state index in [4.69, 9.17) is 0 Å². The molecule has 0 radical (unpaired) electrons. The molecule has 0 fully saturated rings. The molecule has 0 saturated heterocycles. The molecule has 0 atom stereocenters. The van der Waals surface area contributed by atoms with Crippen LogP contribution in [0.5, 0.6) is 0 Å². The molecule has 2 aliphatic carbocycles. The van der Waals surface area contributed by atoms with Crippen LogP contribution in [-0.4, -0.2) is 23.9 Å². The van der Waals surface area contributed by atoms with Gasteiger partial charge in [0.25, 0.3) is 0 Å². The highest BCUT2D eigenvalue weighted by molar-refractivity contribution is 6.19. The van der Waals surface area contributed by atoms with E-state index in [1.54, 1.807) is 24.3 Å². The van der Waals surface area contributed by atoms with E-state index < -0.39 is 5.97 Å². The zero-order chi connectivity index (χ0) is 38.6. The van der Waals surface area contributed by atoms with Crippen LogP contribution in [0.3, 0.4) is 0 Å². The molecule has 0 aliphatic heterocycles. The van der Waals surface area contributed by atoms with Crippen LogP contribution in [0.2, 0.25) is 0 Å². The fourth-order valence-electron chi connectivity index (χ4n) is 8.74. The third-order valence-corrected chi connectivity index (χ3v) is 11.3. The van der Waals surface area contributed by atoms with Gasteiger partial charge in [-0.3, -0.25) is 4.79 Å². The summed E-state index contributed by atoms with van der Waals surface area (Å²) in [7, 11) is 2.09. The van der Waals surface area contributed by atoms with Gasteiger partial charge in [-0.25, -0.2) is 9.18 Å².